The van der Waals surface area contributed by atoms with E-state index in [1.165, 1.54) is 35.0 Å². The van der Waals surface area contributed by atoms with Crippen LogP contribution in [-0.4, -0.2) is 30.6 Å². The van der Waals surface area contributed by atoms with Gasteiger partial charge in [-0.1, -0.05) is 6.92 Å². The van der Waals surface area contributed by atoms with Crippen molar-refractivity contribution in [3.63, 3.8) is 0 Å². The van der Waals surface area contributed by atoms with Crippen LogP contribution < -0.4 is 10.9 Å². The monoisotopic (exact) mass is 394 g/mol. The van der Waals surface area contributed by atoms with Crippen molar-refractivity contribution < 1.29 is 9.72 Å². The van der Waals surface area contributed by atoms with Gasteiger partial charge in [0, 0.05) is 36.0 Å². The average Bonchev–Trinajstić information content (AvgIpc) is 3.06. The van der Waals surface area contributed by atoms with Crippen LogP contribution in [0.4, 0.5) is 11.5 Å². The SMILES string of the molecule is CCc1cc(=O)[nH]c(-n2nc(C)cc2NC(=O)/C=C/c2ccc([N+](=O)[O-])cc2)n1. The molecule has 0 aliphatic rings. The number of carbonyl (C=O) groups excluding carboxylic acids is 1. The van der Waals surface area contributed by atoms with Crippen molar-refractivity contribution in [3.05, 3.63) is 79.9 Å². The second-order valence-electron chi connectivity index (χ2n) is 6.17. The number of amides is 1. The highest BCUT2D eigenvalue weighted by molar-refractivity contribution is 6.01. The van der Waals surface area contributed by atoms with E-state index in [1.54, 1.807) is 25.1 Å². The van der Waals surface area contributed by atoms with Gasteiger partial charge in [0.15, 0.2) is 0 Å². The van der Waals surface area contributed by atoms with Crippen molar-refractivity contribution in [1.82, 2.24) is 19.7 Å². The molecule has 29 heavy (non-hydrogen) atoms. The Hall–Kier alpha value is -4.08. The number of aromatic amines is 1. The summed E-state index contributed by atoms with van der Waals surface area (Å²) in [5, 5.41) is 17.6. The topological polar surface area (TPSA) is 136 Å². The first kappa shape index (κ1) is 19.7. The highest BCUT2D eigenvalue weighted by Crippen LogP contribution is 2.15. The quantitative estimate of drug-likeness (QED) is 0.374. The van der Waals surface area contributed by atoms with E-state index in [0.717, 1.165) is 0 Å². The van der Waals surface area contributed by atoms with Crippen LogP contribution in [0.5, 0.6) is 0 Å². The van der Waals surface area contributed by atoms with Crippen molar-refractivity contribution >= 4 is 23.5 Å². The molecule has 0 saturated heterocycles. The van der Waals surface area contributed by atoms with Crippen molar-refractivity contribution in [1.29, 1.82) is 0 Å². The van der Waals surface area contributed by atoms with E-state index in [4.69, 9.17) is 0 Å². The Morgan fingerprint density at radius 2 is 2.03 bits per heavy atom. The van der Waals surface area contributed by atoms with Gasteiger partial charge in [-0.2, -0.15) is 9.78 Å². The summed E-state index contributed by atoms with van der Waals surface area (Å²) >= 11 is 0. The molecule has 3 rings (SSSR count). The predicted molar refractivity (Wildman–Crippen MR) is 107 cm³/mol. The van der Waals surface area contributed by atoms with E-state index >= 15 is 0 Å². The third-order valence-corrected chi connectivity index (χ3v) is 3.96. The zero-order valence-corrected chi connectivity index (χ0v) is 15.7. The Labute approximate surface area is 165 Å². The van der Waals surface area contributed by atoms with E-state index in [9.17, 15) is 19.7 Å². The summed E-state index contributed by atoms with van der Waals surface area (Å²) in [6.45, 7) is 3.63. The molecule has 148 valence electrons. The molecule has 1 aromatic carbocycles. The third kappa shape index (κ3) is 4.80. The van der Waals surface area contributed by atoms with Crippen molar-refractivity contribution in [2.75, 3.05) is 5.32 Å². The second kappa shape index (κ2) is 8.30. The molecule has 0 aliphatic heterocycles. The smallest absolute Gasteiger partial charge is 0.269 e. The van der Waals surface area contributed by atoms with Crippen LogP contribution in [0, 0.1) is 17.0 Å². The molecule has 0 saturated carbocycles. The van der Waals surface area contributed by atoms with Crippen LogP contribution in [-0.2, 0) is 11.2 Å². The number of nitrogens with one attached hydrogen (secondary N) is 2. The summed E-state index contributed by atoms with van der Waals surface area (Å²) in [5.74, 6) is 0.118. The zero-order valence-electron chi connectivity index (χ0n) is 15.7. The minimum absolute atomic E-state index is 0.0261. The van der Waals surface area contributed by atoms with E-state index in [0.29, 0.717) is 29.2 Å². The number of aromatic nitrogens is 4. The first-order chi connectivity index (χ1) is 13.9. The van der Waals surface area contributed by atoms with Gasteiger partial charge in [-0.05, 0) is 37.1 Å². The summed E-state index contributed by atoms with van der Waals surface area (Å²) in [4.78, 5) is 41.3. The number of nitro benzene ring substituents is 1. The predicted octanol–water partition coefficient (Wildman–Crippen LogP) is 2.39. The van der Waals surface area contributed by atoms with E-state index < -0.39 is 10.8 Å². The Morgan fingerprint density at radius 1 is 1.31 bits per heavy atom. The van der Waals surface area contributed by atoms with Crippen molar-refractivity contribution in [2.24, 2.45) is 0 Å². The molecule has 0 bridgehead atoms. The Bertz CT molecular complexity index is 1140. The fraction of sp³-hybridized carbons (Fsp3) is 0.158. The van der Waals surface area contributed by atoms with Gasteiger partial charge < -0.3 is 5.32 Å². The van der Waals surface area contributed by atoms with Crippen molar-refractivity contribution in [2.45, 2.75) is 20.3 Å². The Balaban J connectivity index is 1.80. The van der Waals surface area contributed by atoms with E-state index in [-0.39, 0.29) is 17.2 Å². The number of aryl methyl sites for hydroxylation is 2. The number of carbonyl (C=O) groups is 1. The van der Waals surface area contributed by atoms with E-state index in [2.05, 4.69) is 20.4 Å². The number of anilines is 1. The lowest BCUT2D eigenvalue weighted by Crippen LogP contribution is -2.18. The lowest BCUT2D eigenvalue weighted by molar-refractivity contribution is -0.384. The molecule has 0 radical (unpaired) electrons. The summed E-state index contributed by atoms with van der Waals surface area (Å²) < 4.78 is 1.35. The van der Waals surface area contributed by atoms with Crippen LogP contribution in [0.3, 0.4) is 0 Å². The van der Waals surface area contributed by atoms with Crippen molar-refractivity contribution in [3.8, 4) is 5.95 Å². The second-order valence-corrected chi connectivity index (χ2v) is 6.17. The number of non-ortho nitro benzene ring substituents is 1. The van der Waals surface area contributed by atoms with Gasteiger partial charge in [-0.15, -0.1) is 0 Å². The molecule has 1 amide bonds. The van der Waals surface area contributed by atoms with Crippen LogP contribution in [0.25, 0.3) is 12.0 Å². The first-order valence-corrected chi connectivity index (χ1v) is 8.76. The lowest BCUT2D eigenvalue weighted by atomic mass is 10.2. The normalized spacial score (nSPS) is 11.0. The number of hydrogen-bond acceptors (Lipinski definition) is 6. The van der Waals surface area contributed by atoms with Crippen LogP contribution in [0.2, 0.25) is 0 Å². The molecule has 10 heteroatoms. The highest BCUT2D eigenvalue weighted by atomic mass is 16.6. The van der Waals surface area contributed by atoms with Gasteiger partial charge >= 0.3 is 0 Å². The summed E-state index contributed by atoms with van der Waals surface area (Å²) in [7, 11) is 0. The van der Waals surface area contributed by atoms with Crippen LogP contribution in [0.15, 0.2) is 47.3 Å². The number of nitro groups is 1. The number of benzene rings is 1. The van der Waals surface area contributed by atoms with E-state index in [1.807, 2.05) is 6.92 Å². The molecular formula is C19H18N6O4. The maximum absolute atomic E-state index is 12.3. The molecule has 2 aromatic heterocycles. The molecule has 0 fully saturated rings. The fourth-order valence-electron chi connectivity index (χ4n) is 2.57. The van der Waals surface area contributed by atoms with Gasteiger partial charge in [0.05, 0.1) is 10.6 Å². The Kier molecular flexibility index (Phi) is 5.63. The lowest BCUT2D eigenvalue weighted by Gasteiger charge is -2.07. The molecule has 0 unspecified atom stereocenters. The standard InChI is InChI=1S/C19H18N6O4/c1-3-14-11-18(27)22-19(20-14)24-16(10-12(2)23-24)21-17(26)9-6-13-4-7-15(8-5-13)25(28)29/h4-11H,3H2,1-2H3,(H,21,26)(H,20,22,27)/b9-6+. The summed E-state index contributed by atoms with van der Waals surface area (Å²) in [5.41, 5.74) is 1.53. The van der Waals surface area contributed by atoms with Gasteiger partial charge in [0.25, 0.3) is 11.2 Å². The highest BCUT2D eigenvalue weighted by Gasteiger charge is 2.12. The number of H-pyrrole nitrogens is 1. The molecule has 2 heterocycles. The van der Waals surface area contributed by atoms with Gasteiger partial charge in [-0.25, -0.2) is 4.98 Å². The molecule has 3 aromatic rings. The largest absolute Gasteiger partial charge is 0.307 e. The number of hydrogen-bond donors (Lipinski definition) is 2. The Morgan fingerprint density at radius 3 is 2.69 bits per heavy atom. The van der Waals surface area contributed by atoms with Crippen LogP contribution >= 0.6 is 0 Å². The first-order valence-electron chi connectivity index (χ1n) is 8.76. The summed E-state index contributed by atoms with van der Waals surface area (Å²) in [6.07, 6.45) is 3.41. The maximum Gasteiger partial charge on any atom is 0.269 e. The summed E-state index contributed by atoms with van der Waals surface area (Å²) in [6, 6.07) is 8.86. The van der Waals surface area contributed by atoms with Gasteiger partial charge in [-0.3, -0.25) is 24.7 Å². The number of nitrogens with zero attached hydrogens (tertiary/aromatic N) is 4. The molecule has 10 nitrogen and oxygen atoms in total. The average molecular weight is 394 g/mol. The molecule has 2 N–H and O–H groups in total. The minimum atomic E-state index is -0.490. The van der Waals surface area contributed by atoms with Gasteiger partial charge in [0.1, 0.15) is 5.82 Å². The van der Waals surface area contributed by atoms with Gasteiger partial charge in [0.2, 0.25) is 11.9 Å². The fourth-order valence-corrected chi connectivity index (χ4v) is 2.57. The zero-order chi connectivity index (χ0) is 21.0. The maximum atomic E-state index is 12.3. The molecular weight excluding hydrogens is 376 g/mol. The third-order valence-electron chi connectivity index (χ3n) is 3.96. The molecule has 0 atom stereocenters. The van der Waals surface area contributed by atoms with Crippen LogP contribution in [0.1, 0.15) is 23.9 Å². The minimum Gasteiger partial charge on any atom is -0.307 e. The molecule has 0 spiro atoms. The molecule has 0 aliphatic carbocycles. The number of rotatable bonds is 6.